The van der Waals surface area contributed by atoms with Gasteiger partial charge in [-0.25, -0.2) is 10.2 Å². The molecule has 1 aromatic heterocycles. The maximum absolute atomic E-state index is 11.9. The van der Waals surface area contributed by atoms with Gasteiger partial charge in [0.05, 0.1) is 29.7 Å². The molecule has 0 aliphatic heterocycles. The number of amides is 1. The predicted octanol–water partition coefficient (Wildman–Crippen LogP) is 4.55. The number of benzene rings is 2. The molecule has 0 atom stereocenters. The van der Waals surface area contributed by atoms with Crippen molar-refractivity contribution in [2.75, 3.05) is 12.9 Å². The number of hydrogen-bond acceptors (Lipinski definition) is 6. The highest BCUT2D eigenvalue weighted by atomic mass is 35.5. The van der Waals surface area contributed by atoms with Crippen LogP contribution in [0.4, 0.5) is 0 Å². The number of aromatic carboxylic acids is 1. The third-order valence-electron chi connectivity index (χ3n) is 3.92. The molecule has 7 nitrogen and oxygen atoms in total. The van der Waals surface area contributed by atoms with Crippen molar-refractivity contribution in [3.05, 3.63) is 70.9 Å². The third-order valence-corrected chi connectivity index (χ3v) is 5.25. The van der Waals surface area contributed by atoms with Crippen LogP contribution < -0.4 is 10.2 Å². The number of carbonyl (C=O) groups is 2. The monoisotopic (exact) mass is 444 g/mol. The molecular weight excluding hydrogens is 428 g/mol. The number of thioether (sulfide) groups is 1. The molecule has 0 spiro atoms. The van der Waals surface area contributed by atoms with Crippen molar-refractivity contribution in [3.8, 4) is 17.1 Å². The summed E-state index contributed by atoms with van der Waals surface area (Å²) in [5.74, 6) is 0.533. The molecule has 0 saturated heterocycles. The van der Waals surface area contributed by atoms with Crippen LogP contribution in [0, 0.1) is 0 Å². The highest BCUT2D eigenvalue weighted by molar-refractivity contribution is 8.00. The maximum Gasteiger partial charge on any atom is 0.337 e. The zero-order valence-corrected chi connectivity index (χ0v) is 17.4. The fourth-order valence-corrected chi connectivity index (χ4v) is 3.39. The molecule has 2 N–H and O–H groups in total. The first kappa shape index (κ1) is 21.5. The Balaban J connectivity index is 1.53. The van der Waals surface area contributed by atoms with Gasteiger partial charge in [-0.1, -0.05) is 17.7 Å². The quantitative estimate of drug-likeness (QED) is 0.300. The van der Waals surface area contributed by atoms with E-state index < -0.39 is 5.97 Å². The zero-order valence-electron chi connectivity index (χ0n) is 15.8. The van der Waals surface area contributed by atoms with E-state index in [1.807, 2.05) is 24.3 Å². The molecule has 1 heterocycles. The van der Waals surface area contributed by atoms with Gasteiger partial charge in [0.25, 0.3) is 0 Å². The van der Waals surface area contributed by atoms with E-state index in [1.54, 1.807) is 25.3 Å². The van der Waals surface area contributed by atoms with Gasteiger partial charge in [-0.3, -0.25) is 4.79 Å². The van der Waals surface area contributed by atoms with Crippen molar-refractivity contribution < 1.29 is 23.8 Å². The molecule has 1 amide bonds. The maximum atomic E-state index is 11.9. The Labute approximate surface area is 181 Å². The van der Waals surface area contributed by atoms with E-state index in [2.05, 4.69) is 10.5 Å². The van der Waals surface area contributed by atoms with Crippen molar-refractivity contribution in [1.82, 2.24) is 5.43 Å². The van der Waals surface area contributed by atoms with E-state index in [1.165, 1.54) is 30.1 Å². The van der Waals surface area contributed by atoms with E-state index in [4.69, 9.17) is 25.9 Å². The predicted molar refractivity (Wildman–Crippen MR) is 116 cm³/mol. The largest absolute Gasteiger partial charge is 0.497 e. The second-order valence-corrected chi connectivity index (χ2v) is 7.42. The lowest BCUT2D eigenvalue weighted by Gasteiger charge is -2.03. The molecule has 0 radical (unpaired) electrons. The van der Waals surface area contributed by atoms with Gasteiger partial charge in [0.2, 0.25) is 5.91 Å². The third kappa shape index (κ3) is 5.65. The number of rotatable bonds is 8. The Hall–Kier alpha value is -3.23. The topological polar surface area (TPSA) is 101 Å². The van der Waals surface area contributed by atoms with Crippen molar-refractivity contribution in [2.24, 2.45) is 5.10 Å². The Morgan fingerprint density at radius 3 is 2.63 bits per heavy atom. The van der Waals surface area contributed by atoms with Crippen LogP contribution in [0.2, 0.25) is 5.02 Å². The van der Waals surface area contributed by atoms with Crippen molar-refractivity contribution in [1.29, 1.82) is 0 Å². The van der Waals surface area contributed by atoms with Gasteiger partial charge < -0.3 is 14.3 Å². The lowest BCUT2D eigenvalue weighted by Crippen LogP contribution is -2.19. The number of carbonyl (C=O) groups excluding carboxylic acids is 1. The van der Waals surface area contributed by atoms with E-state index >= 15 is 0 Å². The molecule has 2 aromatic carbocycles. The van der Waals surface area contributed by atoms with Gasteiger partial charge in [-0.15, -0.1) is 11.8 Å². The van der Waals surface area contributed by atoms with Crippen molar-refractivity contribution in [2.45, 2.75) is 4.90 Å². The summed E-state index contributed by atoms with van der Waals surface area (Å²) in [4.78, 5) is 23.9. The van der Waals surface area contributed by atoms with E-state index in [0.29, 0.717) is 17.1 Å². The minimum absolute atomic E-state index is 0.0176. The number of carboxylic acids is 1. The molecule has 0 saturated carbocycles. The standard InChI is InChI=1S/C21H17ClN2O5S/c1-28-14-3-6-16(7-4-14)30-12-20(25)24-23-11-15-5-9-19(29-15)13-2-8-17(21(26)27)18(22)10-13/h2-11H,12H2,1H3,(H,24,25)(H,26,27)/b23-11-. The van der Waals surface area contributed by atoms with Crippen molar-refractivity contribution >= 4 is 41.5 Å². The number of hydrazone groups is 1. The molecule has 3 aromatic rings. The van der Waals surface area contributed by atoms with Gasteiger partial charge in [-0.2, -0.15) is 5.10 Å². The van der Waals surface area contributed by atoms with Crippen LogP contribution in [0.25, 0.3) is 11.3 Å². The molecule has 154 valence electrons. The Bertz CT molecular complexity index is 1080. The minimum Gasteiger partial charge on any atom is -0.497 e. The summed E-state index contributed by atoms with van der Waals surface area (Å²) in [5.41, 5.74) is 3.09. The van der Waals surface area contributed by atoms with Crippen LogP contribution in [0.15, 0.2) is 69.0 Å². The summed E-state index contributed by atoms with van der Waals surface area (Å²) in [6.45, 7) is 0. The Kier molecular flexibility index (Phi) is 7.16. The fourth-order valence-electron chi connectivity index (χ4n) is 2.44. The van der Waals surface area contributed by atoms with Crippen molar-refractivity contribution in [3.63, 3.8) is 0 Å². The highest BCUT2D eigenvalue weighted by Gasteiger charge is 2.11. The van der Waals surface area contributed by atoms with E-state index in [0.717, 1.165) is 10.6 Å². The van der Waals surface area contributed by atoms with Crippen LogP contribution in [-0.4, -0.2) is 36.1 Å². The molecule has 9 heteroatoms. The summed E-state index contributed by atoms with van der Waals surface area (Å²) in [6, 6.07) is 15.3. The first-order valence-corrected chi connectivity index (χ1v) is 10.0. The number of nitrogens with one attached hydrogen (secondary N) is 1. The van der Waals surface area contributed by atoms with Gasteiger partial charge in [0, 0.05) is 10.5 Å². The smallest absolute Gasteiger partial charge is 0.337 e. The minimum atomic E-state index is -1.10. The summed E-state index contributed by atoms with van der Waals surface area (Å²) < 4.78 is 10.7. The Morgan fingerprint density at radius 1 is 1.20 bits per heavy atom. The normalized spacial score (nSPS) is 10.9. The van der Waals surface area contributed by atoms with Crippen LogP contribution >= 0.6 is 23.4 Å². The van der Waals surface area contributed by atoms with Gasteiger partial charge >= 0.3 is 5.97 Å². The first-order valence-electron chi connectivity index (χ1n) is 8.68. The van der Waals surface area contributed by atoms with Crippen LogP contribution in [0.5, 0.6) is 5.75 Å². The van der Waals surface area contributed by atoms with E-state index in [-0.39, 0.29) is 22.2 Å². The summed E-state index contributed by atoms with van der Waals surface area (Å²) in [6.07, 6.45) is 1.38. The second-order valence-electron chi connectivity index (χ2n) is 5.96. The number of ether oxygens (including phenoxy) is 1. The van der Waals surface area contributed by atoms with Gasteiger partial charge in [0.1, 0.15) is 17.3 Å². The molecule has 3 rings (SSSR count). The SMILES string of the molecule is COc1ccc(SCC(=O)N/N=C\c2ccc(-c3ccc(C(=O)O)c(Cl)c3)o2)cc1. The molecule has 30 heavy (non-hydrogen) atoms. The van der Waals surface area contributed by atoms with Crippen LogP contribution in [-0.2, 0) is 4.79 Å². The summed E-state index contributed by atoms with van der Waals surface area (Å²) in [5, 5.41) is 13.0. The molecule has 0 aliphatic carbocycles. The fraction of sp³-hybridized carbons (Fsp3) is 0.0952. The molecule has 0 unspecified atom stereocenters. The summed E-state index contributed by atoms with van der Waals surface area (Å²) in [7, 11) is 1.60. The number of halogens is 1. The lowest BCUT2D eigenvalue weighted by atomic mass is 10.1. The first-order chi connectivity index (χ1) is 14.5. The van der Waals surface area contributed by atoms with Crippen LogP contribution in [0.3, 0.4) is 0 Å². The zero-order chi connectivity index (χ0) is 21.5. The molecule has 0 bridgehead atoms. The van der Waals surface area contributed by atoms with Gasteiger partial charge in [-0.05, 0) is 48.5 Å². The molecule has 0 aliphatic rings. The number of furan rings is 1. The number of hydrogen-bond donors (Lipinski definition) is 2. The van der Waals surface area contributed by atoms with Gasteiger partial charge in [0.15, 0.2) is 0 Å². The molecule has 0 fully saturated rings. The number of carboxylic acid groups (broad SMARTS) is 1. The lowest BCUT2D eigenvalue weighted by molar-refractivity contribution is -0.118. The summed E-state index contributed by atoms with van der Waals surface area (Å²) >= 11 is 7.36. The molecular formula is C21H17ClN2O5S. The van der Waals surface area contributed by atoms with Crippen LogP contribution in [0.1, 0.15) is 16.1 Å². The second kappa shape index (κ2) is 10.00. The van der Waals surface area contributed by atoms with E-state index in [9.17, 15) is 9.59 Å². The Morgan fingerprint density at radius 2 is 1.97 bits per heavy atom. The average molecular weight is 445 g/mol. The number of methoxy groups -OCH3 is 1. The average Bonchev–Trinajstić information content (AvgIpc) is 3.21. The highest BCUT2D eigenvalue weighted by Crippen LogP contribution is 2.27. The number of nitrogens with zero attached hydrogens (tertiary/aromatic N) is 1.